The van der Waals surface area contributed by atoms with Gasteiger partial charge in [-0.15, -0.1) is 0 Å². The molecule has 3 aromatic carbocycles. The first-order valence-corrected chi connectivity index (χ1v) is 11.6. The van der Waals surface area contributed by atoms with Crippen molar-refractivity contribution in [1.82, 2.24) is 4.57 Å². The van der Waals surface area contributed by atoms with E-state index in [0.29, 0.717) is 30.8 Å². The van der Waals surface area contributed by atoms with Crippen molar-refractivity contribution in [3.05, 3.63) is 110 Å². The number of halogens is 2. The number of fused-ring (bicyclic) bond motifs is 1. The highest BCUT2D eigenvalue weighted by Gasteiger charge is 2.26. The Balaban J connectivity index is 1.48. The summed E-state index contributed by atoms with van der Waals surface area (Å²) in [4.78, 5) is 41.2. The summed E-state index contributed by atoms with van der Waals surface area (Å²) in [5.74, 6) is -2.62. The molecule has 0 radical (unpaired) electrons. The van der Waals surface area contributed by atoms with Crippen LogP contribution in [0.1, 0.15) is 22.3 Å². The quantitative estimate of drug-likeness (QED) is 0.227. The van der Waals surface area contributed by atoms with Gasteiger partial charge in [-0.1, -0.05) is 0 Å². The number of nitro groups is 1. The van der Waals surface area contributed by atoms with Gasteiger partial charge in [-0.05, 0) is 60.5 Å². The van der Waals surface area contributed by atoms with Gasteiger partial charge < -0.3 is 14.6 Å². The molecule has 1 unspecified atom stereocenters. The number of carboxylic acids is 1. The highest BCUT2D eigenvalue weighted by atomic mass is 19.1. The van der Waals surface area contributed by atoms with Crippen LogP contribution in [0.2, 0.25) is 0 Å². The summed E-state index contributed by atoms with van der Waals surface area (Å²) >= 11 is 0. The molecular formula is C27H20F2N4O5. The summed E-state index contributed by atoms with van der Waals surface area (Å²) in [5, 5.41) is 20.2. The highest BCUT2D eigenvalue weighted by molar-refractivity contribution is 5.94. The van der Waals surface area contributed by atoms with E-state index in [-0.39, 0.29) is 28.3 Å². The Bertz CT molecular complexity index is 1650. The largest absolute Gasteiger partial charge is 0.477 e. The Kier molecular flexibility index (Phi) is 6.41. The minimum atomic E-state index is -1.45. The van der Waals surface area contributed by atoms with Gasteiger partial charge in [0.15, 0.2) is 0 Å². The molecule has 38 heavy (non-hydrogen) atoms. The second-order valence-electron chi connectivity index (χ2n) is 8.86. The van der Waals surface area contributed by atoms with Crippen LogP contribution >= 0.6 is 0 Å². The Morgan fingerprint density at radius 2 is 1.82 bits per heavy atom. The number of benzene rings is 3. The fraction of sp³-hybridized carbons (Fsp3) is 0.148. The van der Waals surface area contributed by atoms with Crippen molar-refractivity contribution in [2.24, 2.45) is 4.99 Å². The molecule has 5 rings (SSSR count). The first-order chi connectivity index (χ1) is 18.2. The number of nitro benzene ring substituents is 1. The van der Waals surface area contributed by atoms with Crippen LogP contribution in [0, 0.1) is 21.7 Å². The van der Waals surface area contributed by atoms with Gasteiger partial charge in [0, 0.05) is 48.7 Å². The lowest BCUT2D eigenvalue weighted by Crippen LogP contribution is -2.23. The maximum Gasteiger partial charge on any atom is 0.341 e. The minimum Gasteiger partial charge on any atom is -0.477 e. The van der Waals surface area contributed by atoms with Crippen LogP contribution < -0.4 is 10.3 Å². The first-order valence-electron chi connectivity index (χ1n) is 11.6. The van der Waals surface area contributed by atoms with Crippen molar-refractivity contribution in [2.75, 3.05) is 18.0 Å². The lowest BCUT2D eigenvalue weighted by Gasteiger charge is -2.21. The van der Waals surface area contributed by atoms with Gasteiger partial charge in [0.25, 0.3) is 5.69 Å². The minimum absolute atomic E-state index is 0.0180. The summed E-state index contributed by atoms with van der Waals surface area (Å²) < 4.78 is 30.2. The molecule has 0 aliphatic carbocycles. The molecule has 1 fully saturated rings. The van der Waals surface area contributed by atoms with Crippen molar-refractivity contribution >= 4 is 34.5 Å². The van der Waals surface area contributed by atoms with Crippen LogP contribution in [-0.4, -0.2) is 45.9 Å². The summed E-state index contributed by atoms with van der Waals surface area (Å²) in [7, 11) is 0. The molecule has 1 aromatic heterocycles. The normalized spacial score (nSPS) is 15.4. The average Bonchev–Trinajstić information content (AvgIpc) is 3.37. The van der Waals surface area contributed by atoms with E-state index in [1.165, 1.54) is 47.0 Å². The second kappa shape index (κ2) is 9.85. The third-order valence-corrected chi connectivity index (χ3v) is 6.45. The summed E-state index contributed by atoms with van der Waals surface area (Å²) in [6.45, 7) is 0.874. The van der Waals surface area contributed by atoms with Crippen LogP contribution in [-0.2, 0) is 0 Å². The smallest absolute Gasteiger partial charge is 0.341 e. The summed E-state index contributed by atoms with van der Waals surface area (Å²) in [6, 6.07) is 13.6. The zero-order valence-corrected chi connectivity index (χ0v) is 19.8. The number of aliphatic imine (C=N–C) groups is 1. The van der Waals surface area contributed by atoms with Gasteiger partial charge in [0.2, 0.25) is 5.43 Å². The molecule has 2 heterocycles. The first kappa shape index (κ1) is 24.8. The lowest BCUT2D eigenvalue weighted by molar-refractivity contribution is -0.384. The van der Waals surface area contributed by atoms with Gasteiger partial charge in [-0.3, -0.25) is 19.9 Å². The SMILES string of the molecule is O=C(O)c1cn(-c2ccc(F)cc2)c2cc(N3CCC(N=Cc4ccc([N+](=O)[O-])cc4)C3)c(F)cc2c1=O. The zero-order chi connectivity index (χ0) is 27.0. The van der Waals surface area contributed by atoms with Crippen LogP contribution in [0.4, 0.5) is 20.2 Å². The van der Waals surface area contributed by atoms with Gasteiger partial charge in [-0.25, -0.2) is 13.6 Å². The molecule has 0 bridgehead atoms. The number of hydrogen-bond acceptors (Lipinski definition) is 6. The van der Waals surface area contributed by atoms with E-state index in [1.807, 2.05) is 0 Å². The van der Waals surface area contributed by atoms with E-state index >= 15 is 4.39 Å². The van der Waals surface area contributed by atoms with Crippen LogP contribution in [0.3, 0.4) is 0 Å². The molecule has 0 amide bonds. The Labute approximate surface area is 214 Å². The Morgan fingerprint density at radius 1 is 1.11 bits per heavy atom. The predicted molar refractivity (Wildman–Crippen MR) is 138 cm³/mol. The molecule has 4 aromatic rings. The molecule has 1 saturated heterocycles. The van der Waals surface area contributed by atoms with E-state index < -0.39 is 33.5 Å². The number of rotatable bonds is 6. The number of carbonyl (C=O) groups is 1. The predicted octanol–water partition coefficient (Wildman–Crippen LogP) is 4.57. The fourth-order valence-electron chi connectivity index (χ4n) is 4.50. The standard InChI is InChI=1S/C27H20F2N4O5/c28-17-3-7-19(8-4-17)32-15-22(27(35)36)26(34)21-11-23(29)25(12-24(21)32)31-10-9-18(14-31)30-13-16-1-5-20(6-2-16)33(37)38/h1-8,11-13,15,18H,9-10,14H2,(H,35,36). The molecule has 1 aliphatic rings. The number of anilines is 1. The number of pyridine rings is 1. The van der Waals surface area contributed by atoms with E-state index in [1.54, 1.807) is 23.2 Å². The van der Waals surface area contributed by atoms with E-state index in [2.05, 4.69) is 4.99 Å². The maximum atomic E-state index is 15.3. The zero-order valence-electron chi connectivity index (χ0n) is 19.8. The molecule has 0 spiro atoms. The topological polar surface area (TPSA) is 118 Å². The number of nitrogens with zero attached hydrogens (tertiary/aromatic N) is 4. The van der Waals surface area contributed by atoms with Crippen molar-refractivity contribution < 1.29 is 23.6 Å². The third kappa shape index (κ3) is 4.73. The van der Waals surface area contributed by atoms with Crippen LogP contribution in [0.5, 0.6) is 0 Å². The molecule has 11 heteroatoms. The maximum absolute atomic E-state index is 15.3. The molecule has 0 saturated carbocycles. The number of carboxylic acid groups (broad SMARTS) is 1. The van der Waals surface area contributed by atoms with Crippen LogP contribution in [0.25, 0.3) is 16.6 Å². The third-order valence-electron chi connectivity index (χ3n) is 6.45. The fourth-order valence-corrected chi connectivity index (χ4v) is 4.50. The molecule has 1 aliphatic heterocycles. The Morgan fingerprint density at radius 3 is 2.47 bits per heavy atom. The molecule has 1 N–H and O–H groups in total. The van der Waals surface area contributed by atoms with Crippen molar-refractivity contribution in [2.45, 2.75) is 12.5 Å². The number of hydrogen-bond donors (Lipinski definition) is 1. The highest BCUT2D eigenvalue weighted by Crippen LogP contribution is 2.30. The van der Waals surface area contributed by atoms with Gasteiger partial charge >= 0.3 is 5.97 Å². The van der Waals surface area contributed by atoms with Crippen molar-refractivity contribution in [3.63, 3.8) is 0 Å². The molecule has 1 atom stereocenters. The lowest BCUT2D eigenvalue weighted by atomic mass is 10.1. The molecule has 192 valence electrons. The van der Waals surface area contributed by atoms with Gasteiger partial charge in [0.05, 0.1) is 22.2 Å². The second-order valence-corrected chi connectivity index (χ2v) is 8.86. The number of non-ortho nitro benzene ring substituents is 1. The number of aromatic nitrogens is 1. The molecular weight excluding hydrogens is 498 g/mol. The summed E-state index contributed by atoms with van der Waals surface area (Å²) in [6.07, 6.45) is 3.40. The monoisotopic (exact) mass is 518 g/mol. The van der Waals surface area contributed by atoms with Gasteiger partial charge in [-0.2, -0.15) is 0 Å². The van der Waals surface area contributed by atoms with Crippen molar-refractivity contribution in [3.8, 4) is 5.69 Å². The van der Waals surface area contributed by atoms with E-state index in [4.69, 9.17) is 0 Å². The Hall–Kier alpha value is -4.93. The van der Waals surface area contributed by atoms with Crippen LogP contribution in [0.15, 0.2) is 76.6 Å². The van der Waals surface area contributed by atoms with Gasteiger partial charge in [0.1, 0.15) is 17.2 Å². The van der Waals surface area contributed by atoms with Crippen molar-refractivity contribution in [1.29, 1.82) is 0 Å². The molecule has 9 nitrogen and oxygen atoms in total. The van der Waals surface area contributed by atoms with E-state index in [9.17, 15) is 29.2 Å². The average molecular weight is 518 g/mol. The summed E-state index contributed by atoms with van der Waals surface area (Å²) in [5.41, 5.74) is 0.242. The number of aromatic carboxylic acids is 1. The van der Waals surface area contributed by atoms with E-state index in [0.717, 1.165) is 12.3 Å².